The van der Waals surface area contributed by atoms with Gasteiger partial charge in [0.25, 0.3) is 0 Å². The van der Waals surface area contributed by atoms with Gasteiger partial charge >= 0.3 is 0 Å². The van der Waals surface area contributed by atoms with Crippen LogP contribution >= 0.6 is 12.4 Å². The Balaban J connectivity index is 0.00000242. The highest BCUT2D eigenvalue weighted by Gasteiger charge is 2.26. The van der Waals surface area contributed by atoms with E-state index in [1.165, 1.54) is 5.56 Å². The number of amides is 1. The summed E-state index contributed by atoms with van der Waals surface area (Å²) in [5.74, 6) is 0.222. The lowest BCUT2D eigenvalue weighted by Gasteiger charge is -2.30. The van der Waals surface area contributed by atoms with E-state index in [0.717, 1.165) is 31.5 Å². The number of aryl methyl sites for hydroxylation is 1. The molecule has 5 heteroatoms. The molecule has 2 atom stereocenters. The highest BCUT2D eigenvalue weighted by molar-refractivity contribution is 5.85. The first-order valence-corrected chi connectivity index (χ1v) is 7.86. The first kappa shape index (κ1) is 18.9. The van der Waals surface area contributed by atoms with Gasteiger partial charge in [-0.2, -0.15) is 0 Å². The van der Waals surface area contributed by atoms with Gasteiger partial charge in [-0.05, 0) is 38.8 Å². The summed E-state index contributed by atoms with van der Waals surface area (Å²) in [5.41, 5.74) is 2.04. The van der Waals surface area contributed by atoms with Crippen LogP contribution in [0.25, 0.3) is 0 Å². The molecule has 1 aromatic carbocycles. The Labute approximate surface area is 139 Å². The van der Waals surface area contributed by atoms with E-state index in [-0.39, 0.29) is 24.2 Å². The number of benzene rings is 1. The van der Waals surface area contributed by atoms with Crippen molar-refractivity contribution in [1.29, 1.82) is 0 Å². The molecule has 0 bridgehead atoms. The summed E-state index contributed by atoms with van der Waals surface area (Å²) in [6, 6.07) is 7.84. The number of halogens is 1. The molecule has 2 rings (SSSR count). The second-order valence-corrected chi connectivity index (χ2v) is 5.85. The number of likely N-dealkylation sites (N-methyl/N-ethyl adjacent to an activating group) is 1. The fourth-order valence-electron chi connectivity index (χ4n) is 2.80. The molecule has 1 aliphatic rings. The average Bonchev–Trinajstić information content (AvgIpc) is 2.53. The molecule has 0 saturated carbocycles. The van der Waals surface area contributed by atoms with Gasteiger partial charge in [0.1, 0.15) is 0 Å². The minimum Gasteiger partial charge on any atom is -0.387 e. The van der Waals surface area contributed by atoms with Crippen LogP contribution in [0.3, 0.4) is 0 Å². The lowest BCUT2D eigenvalue weighted by atomic mass is 9.97. The van der Waals surface area contributed by atoms with Gasteiger partial charge in [-0.15, -0.1) is 12.4 Å². The number of rotatable bonds is 5. The highest BCUT2D eigenvalue weighted by atomic mass is 35.5. The Hall–Kier alpha value is -1.10. The Morgan fingerprint density at radius 1 is 1.41 bits per heavy atom. The van der Waals surface area contributed by atoms with E-state index in [1.54, 1.807) is 4.90 Å². The van der Waals surface area contributed by atoms with E-state index >= 15 is 0 Å². The van der Waals surface area contributed by atoms with Crippen LogP contribution in [0.15, 0.2) is 24.3 Å². The zero-order valence-corrected chi connectivity index (χ0v) is 14.2. The van der Waals surface area contributed by atoms with Crippen molar-refractivity contribution in [3.8, 4) is 0 Å². The molecule has 1 fully saturated rings. The third kappa shape index (κ3) is 4.97. The van der Waals surface area contributed by atoms with Crippen molar-refractivity contribution >= 4 is 18.3 Å². The number of piperidine rings is 1. The summed E-state index contributed by atoms with van der Waals surface area (Å²) in [7, 11) is 0. The first-order chi connectivity index (χ1) is 10.1. The molecule has 0 aromatic heterocycles. The molecule has 0 aliphatic carbocycles. The molecule has 22 heavy (non-hydrogen) atoms. The van der Waals surface area contributed by atoms with Gasteiger partial charge in [0.2, 0.25) is 5.91 Å². The van der Waals surface area contributed by atoms with Gasteiger partial charge in [-0.1, -0.05) is 29.8 Å². The molecule has 1 amide bonds. The van der Waals surface area contributed by atoms with Gasteiger partial charge in [0.05, 0.1) is 18.6 Å². The number of aliphatic hydroxyl groups excluding tert-OH is 1. The minimum absolute atomic E-state index is 0. The van der Waals surface area contributed by atoms with Crippen LogP contribution in [-0.4, -0.2) is 42.1 Å². The predicted octanol–water partition coefficient (Wildman–Crippen LogP) is 2.30. The van der Waals surface area contributed by atoms with Crippen molar-refractivity contribution in [2.45, 2.75) is 32.8 Å². The highest BCUT2D eigenvalue weighted by Crippen LogP contribution is 2.18. The van der Waals surface area contributed by atoms with E-state index in [2.05, 4.69) is 5.32 Å². The summed E-state index contributed by atoms with van der Waals surface area (Å²) in [4.78, 5) is 14.3. The van der Waals surface area contributed by atoms with Gasteiger partial charge in [0, 0.05) is 13.1 Å². The largest absolute Gasteiger partial charge is 0.387 e. The van der Waals surface area contributed by atoms with Crippen LogP contribution in [-0.2, 0) is 4.79 Å². The van der Waals surface area contributed by atoms with E-state index in [0.29, 0.717) is 13.1 Å². The molecule has 0 radical (unpaired) electrons. The van der Waals surface area contributed by atoms with Crippen LogP contribution in [0.2, 0.25) is 0 Å². The van der Waals surface area contributed by atoms with Crippen LogP contribution in [0, 0.1) is 12.8 Å². The average molecular weight is 327 g/mol. The Kier molecular flexibility index (Phi) is 7.87. The summed E-state index contributed by atoms with van der Waals surface area (Å²) in [5, 5.41) is 13.6. The minimum atomic E-state index is -0.619. The molecule has 124 valence electrons. The lowest BCUT2D eigenvalue weighted by Crippen LogP contribution is -2.44. The predicted molar refractivity (Wildman–Crippen MR) is 91.2 cm³/mol. The molecule has 1 saturated heterocycles. The Morgan fingerprint density at radius 3 is 2.64 bits per heavy atom. The quantitative estimate of drug-likeness (QED) is 0.873. The van der Waals surface area contributed by atoms with Crippen LogP contribution in [0.1, 0.15) is 37.0 Å². The third-order valence-electron chi connectivity index (χ3n) is 4.19. The number of nitrogens with one attached hydrogen (secondary N) is 1. The van der Waals surface area contributed by atoms with E-state index in [9.17, 15) is 9.90 Å². The van der Waals surface area contributed by atoms with E-state index in [1.807, 2.05) is 38.1 Å². The molecular weight excluding hydrogens is 300 g/mol. The fourth-order valence-corrected chi connectivity index (χ4v) is 2.80. The summed E-state index contributed by atoms with van der Waals surface area (Å²) < 4.78 is 0. The van der Waals surface area contributed by atoms with Crippen molar-refractivity contribution in [3.63, 3.8) is 0 Å². The smallest absolute Gasteiger partial charge is 0.227 e. The summed E-state index contributed by atoms with van der Waals surface area (Å²) >= 11 is 0. The molecule has 2 N–H and O–H groups in total. The van der Waals surface area contributed by atoms with Gasteiger partial charge in [-0.25, -0.2) is 0 Å². The van der Waals surface area contributed by atoms with Crippen molar-refractivity contribution in [2.75, 3.05) is 26.2 Å². The van der Waals surface area contributed by atoms with Crippen LogP contribution in [0.5, 0.6) is 0 Å². The molecular formula is C17H27ClN2O2. The first-order valence-electron chi connectivity index (χ1n) is 7.86. The zero-order valence-electron chi connectivity index (χ0n) is 13.4. The standard InChI is InChI=1S/C17H26N2O2.ClH/c1-3-19(17(21)15-5-4-10-18-11-15)12-16(20)14-8-6-13(2)7-9-14;/h6-9,15-16,18,20H,3-5,10-12H2,1-2H3;1H. The number of carbonyl (C=O) groups excluding carboxylic acids is 1. The topological polar surface area (TPSA) is 52.6 Å². The molecule has 1 heterocycles. The number of hydrogen-bond acceptors (Lipinski definition) is 3. The SMILES string of the molecule is CCN(CC(O)c1ccc(C)cc1)C(=O)C1CCCNC1.Cl. The molecule has 0 spiro atoms. The number of aliphatic hydroxyl groups is 1. The second-order valence-electron chi connectivity index (χ2n) is 5.85. The van der Waals surface area contributed by atoms with Gasteiger partial charge < -0.3 is 15.3 Å². The van der Waals surface area contributed by atoms with Crippen molar-refractivity contribution in [3.05, 3.63) is 35.4 Å². The number of carbonyl (C=O) groups is 1. The van der Waals surface area contributed by atoms with Crippen molar-refractivity contribution in [1.82, 2.24) is 10.2 Å². The summed E-state index contributed by atoms with van der Waals surface area (Å²) in [6.45, 7) is 6.76. The maximum Gasteiger partial charge on any atom is 0.227 e. The summed E-state index contributed by atoms with van der Waals surface area (Å²) in [6.07, 6.45) is 1.38. The Morgan fingerprint density at radius 2 is 2.09 bits per heavy atom. The maximum atomic E-state index is 12.5. The van der Waals surface area contributed by atoms with Crippen molar-refractivity contribution in [2.24, 2.45) is 5.92 Å². The molecule has 1 aliphatic heterocycles. The fraction of sp³-hybridized carbons (Fsp3) is 0.588. The molecule has 2 unspecified atom stereocenters. The lowest BCUT2D eigenvalue weighted by molar-refractivity contribution is -0.137. The molecule has 4 nitrogen and oxygen atoms in total. The van der Waals surface area contributed by atoms with E-state index < -0.39 is 6.10 Å². The Bertz CT molecular complexity index is 458. The van der Waals surface area contributed by atoms with Crippen LogP contribution < -0.4 is 5.32 Å². The van der Waals surface area contributed by atoms with E-state index in [4.69, 9.17) is 0 Å². The van der Waals surface area contributed by atoms with Gasteiger partial charge in [-0.3, -0.25) is 4.79 Å². The van der Waals surface area contributed by atoms with Gasteiger partial charge in [0.15, 0.2) is 0 Å². The molecule has 1 aromatic rings. The number of nitrogens with zero attached hydrogens (tertiary/aromatic N) is 1. The zero-order chi connectivity index (χ0) is 15.2. The van der Waals surface area contributed by atoms with Crippen LogP contribution in [0.4, 0.5) is 0 Å². The monoisotopic (exact) mass is 326 g/mol. The van der Waals surface area contributed by atoms with Crippen molar-refractivity contribution < 1.29 is 9.90 Å². The third-order valence-corrected chi connectivity index (χ3v) is 4.19. The number of hydrogen-bond donors (Lipinski definition) is 2. The second kappa shape index (κ2) is 9.13. The normalized spacial score (nSPS) is 19.1. The maximum absolute atomic E-state index is 12.5.